The van der Waals surface area contributed by atoms with Crippen LogP contribution in [-0.2, 0) is 16.1 Å². The van der Waals surface area contributed by atoms with Gasteiger partial charge in [-0.2, -0.15) is 0 Å². The molecule has 1 aromatic heterocycles. The average molecular weight is 590 g/mol. The zero-order valence-corrected chi connectivity index (χ0v) is 23.3. The lowest BCUT2D eigenvalue weighted by Gasteiger charge is -2.25. The molecule has 0 saturated heterocycles. The molecule has 8 heteroatoms. The van der Waals surface area contributed by atoms with Gasteiger partial charge in [0.05, 0.1) is 33.4 Å². The van der Waals surface area contributed by atoms with E-state index in [0.717, 1.165) is 21.2 Å². The minimum absolute atomic E-state index is 0.209. The lowest BCUT2D eigenvalue weighted by atomic mass is 9.95. The lowest BCUT2D eigenvalue weighted by molar-refractivity contribution is -0.136. The van der Waals surface area contributed by atoms with Gasteiger partial charge in [-0.05, 0) is 57.2 Å². The maximum Gasteiger partial charge on any atom is 0.338 e. The Morgan fingerprint density at radius 3 is 2.45 bits per heavy atom. The van der Waals surface area contributed by atoms with Crippen LogP contribution >= 0.6 is 27.3 Å². The number of benzene rings is 3. The second-order valence-electron chi connectivity index (χ2n) is 8.66. The second kappa shape index (κ2) is 11.3. The molecule has 0 spiro atoms. The van der Waals surface area contributed by atoms with Gasteiger partial charge < -0.3 is 9.47 Å². The Hall–Kier alpha value is -3.75. The van der Waals surface area contributed by atoms with Crippen molar-refractivity contribution in [3.63, 3.8) is 0 Å². The van der Waals surface area contributed by atoms with E-state index in [2.05, 4.69) is 15.9 Å². The molecule has 1 atom stereocenters. The zero-order valence-electron chi connectivity index (χ0n) is 20.9. The average Bonchev–Trinajstić information content (AvgIpc) is 3.26. The molecule has 0 N–H and O–H groups in total. The van der Waals surface area contributed by atoms with Gasteiger partial charge in [-0.25, -0.2) is 9.79 Å². The van der Waals surface area contributed by atoms with Gasteiger partial charge in [-0.3, -0.25) is 9.36 Å². The van der Waals surface area contributed by atoms with Gasteiger partial charge in [-0.15, -0.1) is 0 Å². The van der Waals surface area contributed by atoms with E-state index in [9.17, 15) is 9.59 Å². The number of esters is 1. The van der Waals surface area contributed by atoms with Crippen LogP contribution in [0.2, 0.25) is 0 Å². The molecule has 6 nitrogen and oxygen atoms in total. The monoisotopic (exact) mass is 588 g/mol. The number of ether oxygens (including phenoxy) is 2. The lowest BCUT2D eigenvalue weighted by Crippen LogP contribution is -2.40. The number of hydrogen-bond acceptors (Lipinski definition) is 6. The summed E-state index contributed by atoms with van der Waals surface area (Å²) in [6.45, 7) is 2.40. The Morgan fingerprint density at radius 2 is 1.79 bits per heavy atom. The molecular weight excluding hydrogens is 564 g/mol. The van der Waals surface area contributed by atoms with Crippen LogP contribution in [0.4, 0.5) is 0 Å². The molecule has 0 aliphatic carbocycles. The fourth-order valence-corrected chi connectivity index (χ4v) is 5.96. The molecule has 2 heterocycles. The quantitative estimate of drug-likeness (QED) is 0.280. The summed E-state index contributed by atoms with van der Waals surface area (Å²) in [6.07, 6.45) is 2.38. The zero-order chi connectivity index (χ0) is 26.6. The van der Waals surface area contributed by atoms with Crippen molar-refractivity contribution in [2.45, 2.75) is 26.0 Å². The number of rotatable bonds is 7. The van der Waals surface area contributed by atoms with E-state index in [1.165, 1.54) is 18.4 Å². The van der Waals surface area contributed by atoms with E-state index >= 15 is 0 Å². The molecule has 0 radical (unpaired) electrons. The van der Waals surface area contributed by atoms with Crippen molar-refractivity contribution in [2.24, 2.45) is 4.99 Å². The number of carbonyl (C=O) groups excluding carboxylic acids is 1. The minimum atomic E-state index is -0.613. The van der Waals surface area contributed by atoms with E-state index in [0.29, 0.717) is 39.4 Å². The van der Waals surface area contributed by atoms with Gasteiger partial charge in [0.25, 0.3) is 5.56 Å². The van der Waals surface area contributed by atoms with E-state index in [-0.39, 0.29) is 5.56 Å². The minimum Gasteiger partial charge on any atom is -0.488 e. The highest BCUT2D eigenvalue weighted by Crippen LogP contribution is 2.32. The maximum absolute atomic E-state index is 13.7. The van der Waals surface area contributed by atoms with E-state index in [1.54, 1.807) is 4.57 Å². The maximum atomic E-state index is 13.7. The molecule has 0 unspecified atom stereocenters. The molecule has 0 saturated carbocycles. The fraction of sp³-hybridized carbons (Fsp3) is 0.167. The predicted molar refractivity (Wildman–Crippen MR) is 152 cm³/mol. The Kier molecular flexibility index (Phi) is 7.72. The van der Waals surface area contributed by atoms with E-state index in [1.807, 2.05) is 91.9 Å². The number of nitrogens with zero attached hydrogens (tertiary/aromatic N) is 2. The summed E-state index contributed by atoms with van der Waals surface area (Å²) in [4.78, 5) is 31.9. The SMILES string of the molecule is CCC1=C(C(=O)OC)[C@@H](c2ccccc2)n2c(s/c(=C\c3ccc(OCc4ccccc4)c(Br)c3)c2=O)=N1. The van der Waals surface area contributed by atoms with Crippen molar-refractivity contribution < 1.29 is 14.3 Å². The van der Waals surface area contributed by atoms with Gasteiger partial charge in [0.2, 0.25) is 0 Å². The van der Waals surface area contributed by atoms with Crippen LogP contribution in [0.3, 0.4) is 0 Å². The van der Waals surface area contributed by atoms with E-state index < -0.39 is 12.0 Å². The second-order valence-corrected chi connectivity index (χ2v) is 10.5. The predicted octanol–water partition coefficient (Wildman–Crippen LogP) is 5.14. The smallest absolute Gasteiger partial charge is 0.338 e. The van der Waals surface area contributed by atoms with Crippen molar-refractivity contribution in [2.75, 3.05) is 7.11 Å². The number of methoxy groups -OCH3 is 1. The molecule has 4 aromatic rings. The van der Waals surface area contributed by atoms with Crippen LogP contribution in [0.25, 0.3) is 6.08 Å². The molecule has 0 fully saturated rings. The third kappa shape index (κ3) is 5.14. The molecule has 5 rings (SSSR count). The normalized spacial score (nSPS) is 15.1. The van der Waals surface area contributed by atoms with Gasteiger partial charge in [0.1, 0.15) is 12.4 Å². The van der Waals surface area contributed by atoms with E-state index in [4.69, 9.17) is 14.5 Å². The highest BCUT2D eigenvalue weighted by atomic mass is 79.9. The number of thiazole rings is 1. The third-order valence-electron chi connectivity index (χ3n) is 6.26. The van der Waals surface area contributed by atoms with Crippen LogP contribution in [0, 0.1) is 0 Å². The highest BCUT2D eigenvalue weighted by molar-refractivity contribution is 9.10. The standard InChI is InChI=1S/C30H25BrN2O4S/c1-3-23-26(29(35)36-2)27(21-12-8-5-9-13-21)33-28(34)25(38-30(33)32-23)17-20-14-15-24(22(31)16-20)37-18-19-10-6-4-7-11-19/h4-17,27H,3,18H2,1-2H3/b25-17-/t27-/m1/s1. The van der Waals surface area contributed by atoms with Crippen molar-refractivity contribution >= 4 is 39.3 Å². The summed E-state index contributed by atoms with van der Waals surface area (Å²) in [5.41, 5.74) is 3.55. The largest absolute Gasteiger partial charge is 0.488 e. The topological polar surface area (TPSA) is 69.9 Å². The summed E-state index contributed by atoms with van der Waals surface area (Å²) < 4.78 is 14.0. The Labute approximate surface area is 232 Å². The molecule has 192 valence electrons. The van der Waals surface area contributed by atoms with Crippen LogP contribution in [0.15, 0.2) is 104 Å². The van der Waals surface area contributed by atoms with Crippen molar-refractivity contribution in [1.29, 1.82) is 0 Å². The third-order valence-corrected chi connectivity index (χ3v) is 7.86. The summed E-state index contributed by atoms with van der Waals surface area (Å²) >= 11 is 4.91. The van der Waals surface area contributed by atoms with Crippen LogP contribution in [0.5, 0.6) is 5.75 Å². The molecule has 1 aliphatic heterocycles. The molecule has 1 aliphatic rings. The molecule has 0 amide bonds. The molecule has 3 aromatic carbocycles. The molecular formula is C30H25BrN2O4S. The van der Waals surface area contributed by atoms with Gasteiger partial charge in [0, 0.05) is 0 Å². The first-order valence-electron chi connectivity index (χ1n) is 12.1. The Bertz CT molecular complexity index is 1690. The molecule has 0 bridgehead atoms. The van der Waals surface area contributed by atoms with Gasteiger partial charge >= 0.3 is 5.97 Å². The van der Waals surface area contributed by atoms with Crippen LogP contribution < -0.4 is 19.6 Å². The number of allylic oxidation sites excluding steroid dienone is 1. The van der Waals surface area contributed by atoms with Gasteiger partial charge in [-0.1, -0.05) is 85.0 Å². The van der Waals surface area contributed by atoms with Crippen molar-refractivity contribution in [3.05, 3.63) is 131 Å². The first-order chi connectivity index (χ1) is 18.5. The van der Waals surface area contributed by atoms with Gasteiger partial charge in [0.15, 0.2) is 4.80 Å². The summed E-state index contributed by atoms with van der Waals surface area (Å²) in [5, 5.41) is 0. The first kappa shape index (κ1) is 25.9. The van der Waals surface area contributed by atoms with Crippen molar-refractivity contribution in [3.8, 4) is 5.75 Å². The van der Waals surface area contributed by atoms with Crippen LogP contribution in [-0.4, -0.2) is 17.6 Å². The number of hydrogen-bond donors (Lipinski definition) is 0. The Balaban J connectivity index is 1.55. The summed E-state index contributed by atoms with van der Waals surface area (Å²) in [5.74, 6) is 0.232. The number of aromatic nitrogens is 1. The molecule has 38 heavy (non-hydrogen) atoms. The highest BCUT2D eigenvalue weighted by Gasteiger charge is 2.33. The fourth-order valence-electron chi connectivity index (χ4n) is 4.43. The van der Waals surface area contributed by atoms with Crippen molar-refractivity contribution in [1.82, 2.24) is 4.57 Å². The number of carbonyl (C=O) groups is 1. The summed E-state index contributed by atoms with van der Waals surface area (Å²) in [7, 11) is 1.35. The number of halogens is 1. The first-order valence-corrected chi connectivity index (χ1v) is 13.8. The summed E-state index contributed by atoms with van der Waals surface area (Å²) in [6, 6.07) is 24.6. The number of fused-ring (bicyclic) bond motifs is 1. The van der Waals surface area contributed by atoms with Crippen LogP contribution in [0.1, 0.15) is 36.1 Å². The Morgan fingerprint density at radius 1 is 1.08 bits per heavy atom.